The zero-order valence-electron chi connectivity index (χ0n) is 14.3. The second-order valence-electron chi connectivity index (χ2n) is 5.61. The van der Waals surface area contributed by atoms with Gasteiger partial charge in [-0.05, 0) is 7.05 Å². The number of amides is 2. The second kappa shape index (κ2) is 9.07. The highest BCUT2D eigenvalue weighted by Crippen LogP contribution is 2.27. The minimum Gasteiger partial charge on any atom is -0.383 e. The maximum atomic E-state index is 12.3. The minimum atomic E-state index is -0.679. The summed E-state index contributed by atoms with van der Waals surface area (Å²) >= 11 is 1.43. The highest BCUT2D eigenvalue weighted by Gasteiger charge is 2.24. The lowest BCUT2D eigenvalue weighted by Crippen LogP contribution is -2.43. The van der Waals surface area contributed by atoms with Crippen LogP contribution in [0.3, 0.4) is 0 Å². The van der Waals surface area contributed by atoms with Crippen LogP contribution in [0.4, 0.5) is 5.13 Å². The fourth-order valence-electron chi connectivity index (χ4n) is 2.39. The normalized spacial score (nSPS) is 14.3. The Kier molecular flexibility index (Phi) is 7.10. The number of carbonyl (C=O) groups is 2. The molecule has 24 heavy (non-hydrogen) atoms. The van der Waals surface area contributed by atoms with Crippen LogP contribution in [0.15, 0.2) is 0 Å². The Balaban J connectivity index is 1.97. The lowest BCUT2D eigenvalue weighted by atomic mass is 10.2. The van der Waals surface area contributed by atoms with Crippen LogP contribution >= 0.6 is 11.3 Å². The number of ether oxygens (including phenoxy) is 2. The first-order valence-corrected chi connectivity index (χ1v) is 8.62. The van der Waals surface area contributed by atoms with Crippen LogP contribution in [0.5, 0.6) is 0 Å². The Bertz CT molecular complexity index is 570. The predicted octanol–water partition coefficient (Wildman–Crippen LogP) is 0.191. The smallest absolute Gasteiger partial charge is 0.315 e. The van der Waals surface area contributed by atoms with E-state index in [1.165, 1.54) is 16.2 Å². The molecule has 0 spiro atoms. The number of nitrogens with zero attached hydrogens (tertiary/aromatic N) is 3. The molecule has 0 bridgehead atoms. The summed E-state index contributed by atoms with van der Waals surface area (Å²) < 4.78 is 9.97. The fraction of sp³-hybridized carbons (Fsp3) is 0.667. The lowest BCUT2D eigenvalue weighted by molar-refractivity contribution is -0.144. The van der Waals surface area contributed by atoms with Crippen molar-refractivity contribution in [2.75, 3.05) is 59.4 Å². The van der Waals surface area contributed by atoms with Crippen LogP contribution in [0.2, 0.25) is 0 Å². The number of nitrogens with one attached hydrogen (secondary N) is 1. The van der Waals surface area contributed by atoms with Gasteiger partial charge in [-0.1, -0.05) is 0 Å². The van der Waals surface area contributed by atoms with E-state index in [0.717, 1.165) is 30.1 Å². The summed E-state index contributed by atoms with van der Waals surface area (Å²) in [5.74, 6) is -1.28. The minimum absolute atomic E-state index is 0.339. The van der Waals surface area contributed by atoms with Crippen molar-refractivity contribution in [3.63, 3.8) is 0 Å². The van der Waals surface area contributed by atoms with Crippen molar-refractivity contribution < 1.29 is 19.1 Å². The maximum Gasteiger partial charge on any atom is 0.315 e. The number of aromatic nitrogens is 1. The summed E-state index contributed by atoms with van der Waals surface area (Å²) in [5.41, 5.74) is 1.01. The number of hydrogen-bond acceptors (Lipinski definition) is 7. The highest BCUT2D eigenvalue weighted by molar-refractivity contribution is 7.16. The van der Waals surface area contributed by atoms with E-state index < -0.39 is 11.8 Å². The number of fused-ring (bicyclic) bond motifs is 1. The summed E-state index contributed by atoms with van der Waals surface area (Å²) in [7, 11) is 5.15. The van der Waals surface area contributed by atoms with E-state index in [4.69, 9.17) is 9.47 Å². The molecule has 0 fully saturated rings. The molecule has 0 radical (unpaired) electrons. The van der Waals surface area contributed by atoms with Crippen molar-refractivity contribution in [1.82, 2.24) is 14.8 Å². The molecule has 0 atom stereocenters. The number of carbonyl (C=O) groups excluding carboxylic acids is 2. The van der Waals surface area contributed by atoms with Crippen molar-refractivity contribution in [3.8, 4) is 0 Å². The Morgan fingerprint density at radius 1 is 1.29 bits per heavy atom. The van der Waals surface area contributed by atoms with Gasteiger partial charge in [0.2, 0.25) is 0 Å². The first-order chi connectivity index (χ1) is 11.5. The number of methoxy groups -OCH3 is 2. The van der Waals surface area contributed by atoms with Gasteiger partial charge < -0.3 is 19.3 Å². The SMILES string of the molecule is COCCN(CCOC)C(=O)C(=O)Nc1nc2c(s1)CN(C)CC2. The Hall–Kier alpha value is -1.55. The molecule has 1 aromatic rings. The zero-order valence-corrected chi connectivity index (χ0v) is 15.1. The molecule has 1 aliphatic rings. The van der Waals surface area contributed by atoms with Crippen LogP contribution in [-0.2, 0) is 32.0 Å². The second-order valence-corrected chi connectivity index (χ2v) is 6.69. The van der Waals surface area contributed by atoms with Crippen LogP contribution in [-0.4, -0.2) is 80.7 Å². The standard InChI is InChI=1S/C15H24N4O4S/c1-18-5-4-11-12(10-18)24-15(16-11)17-13(20)14(21)19(6-8-22-2)7-9-23-3/h4-10H2,1-3H3,(H,16,17,20). The molecule has 0 unspecified atom stereocenters. The molecule has 0 aromatic carbocycles. The first kappa shape index (κ1) is 18.8. The Morgan fingerprint density at radius 2 is 1.96 bits per heavy atom. The molecule has 134 valence electrons. The third-order valence-corrected chi connectivity index (χ3v) is 4.75. The summed E-state index contributed by atoms with van der Waals surface area (Å²) in [6, 6.07) is 0. The van der Waals surface area contributed by atoms with Crippen LogP contribution in [0.25, 0.3) is 0 Å². The number of hydrogen-bond donors (Lipinski definition) is 1. The number of thiazole rings is 1. The molecular weight excluding hydrogens is 332 g/mol. The van der Waals surface area contributed by atoms with Crippen LogP contribution in [0, 0.1) is 0 Å². The third-order valence-electron chi connectivity index (χ3n) is 3.75. The molecule has 0 saturated heterocycles. The van der Waals surface area contributed by atoms with Crippen molar-refractivity contribution in [1.29, 1.82) is 0 Å². The number of anilines is 1. The fourth-order valence-corrected chi connectivity index (χ4v) is 3.47. The highest BCUT2D eigenvalue weighted by atomic mass is 32.1. The van der Waals surface area contributed by atoms with Gasteiger partial charge in [-0.3, -0.25) is 14.9 Å². The quantitative estimate of drug-likeness (QED) is 0.702. The van der Waals surface area contributed by atoms with E-state index in [0.29, 0.717) is 31.4 Å². The molecule has 2 amide bonds. The van der Waals surface area contributed by atoms with Crippen molar-refractivity contribution in [3.05, 3.63) is 10.6 Å². The average Bonchev–Trinajstić information content (AvgIpc) is 2.95. The van der Waals surface area contributed by atoms with Gasteiger partial charge in [0.05, 0.1) is 18.9 Å². The van der Waals surface area contributed by atoms with Crippen molar-refractivity contribution in [2.45, 2.75) is 13.0 Å². The van der Waals surface area contributed by atoms with E-state index in [2.05, 4.69) is 15.2 Å². The van der Waals surface area contributed by atoms with Gasteiger partial charge in [0.25, 0.3) is 0 Å². The van der Waals surface area contributed by atoms with Gasteiger partial charge >= 0.3 is 11.8 Å². The molecule has 0 aliphatic carbocycles. The van der Waals surface area contributed by atoms with Crippen LogP contribution in [0.1, 0.15) is 10.6 Å². The maximum absolute atomic E-state index is 12.3. The van der Waals surface area contributed by atoms with Gasteiger partial charge in [0.15, 0.2) is 5.13 Å². The van der Waals surface area contributed by atoms with Crippen LogP contribution < -0.4 is 5.32 Å². The summed E-state index contributed by atoms with van der Waals surface area (Å²) in [6.07, 6.45) is 0.861. The number of rotatable bonds is 7. The van der Waals surface area contributed by atoms with Gasteiger partial charge in [0.1, 0.15) is 0 Å². The average molecular weight is 356 g/mol. The molecule has 8 nitrogen and oxygen atoms in total. The van der Waals surface area contributed by atoms with E-state index in [1.54, 1.807) is 14.2 Å². The molecule has 1 aliphatic heterocycles. The molecule has 9 heteroatoms. The molecule has 1 aromatic heterocycles. The largest absolute Gasteiger partial charge is 0.383 e. The van der Waals surface area contributed by atoms with E-state index in [1.807, 2.05) is 7.05 Å². The summed E-state index contributed by atoms with van der Waals surface area (Å²) in [6.45, 7) is 3.17. The topological polar surface area (TPSA) is 84.0 Å². The van der Waals surface area contributed by atoms with Gasteiger partial charge in [0, 0.05) is 51.7 Å². The van der Waals surface area contributed by atoms with E-state index in [-0.39, 0.29) is 0 Å². The molecular formula is C15H24N4O4S. The molecule has 2 rings (SSSR count). The Labute approximate surface area is 145 Å². The first-order valence-electron chi connectivity index (χ1n) is 7.80. The molecule has 0 saturated carbocycles. The summed E-state index contributed by atoms with van der Waals surface area (Å²) in [4.78, 5) is 33.8. The lowest BCUT2D eigenvalue weighted by Gasteiger charge is -2.20. The summed E-state index contributed by atoms with van der Waals surface area (Å²) in [5, 5.41) is 3.10. The van der Waals surface area contributed by atoms with Gasteiger partial charge in [-0.2, -0.15) is 0 Å². The third kappa shape index (κ3) is 4.97. The van der Waals surface area contributed by atoms with E-state index in [9.17, 15) is 9.59 Å². The zero-order chi connectivity index (χ0) is 17.5. The molecule has 1 N–H and O–H groups in total. The van der Waals surface area contributed by atoms with Gasteiger partial charge in [-0.15, -0.1) is 11.3 Å². The van der Waals surface area contributed by atoms with Gasteiger partial charge in [-0.25, -0.2) is 4.98 Å². The Morgan fingerprint density at radius 3 is 2.58 bits per heavy atom. The van der Waals surface area contributed by atoms with E-state index >= 15 is 0 Å². The van der Waals surface area contributed by atoms with Crippen molar-refractivity contribution >= 4 is 28.3 Å². The monoisotopic (exact) mass is 356 g/mol. The molecule has 2 heterocycles. The van der Waals surface area contributed by atoms with Crippen molar-refractivity contribution in [2.24, 2.45) is 0 Å². The predicted molar refractivity (Wildman–Crippen MR) is 91.1 cm³/mol. The number of likely N-dealkylation sites (N-methyl/N-ethyl adjacent to an activating group) is 1.